The zero-order chi connectivity index (χ0) is 18.6. The molecule has 0 atom stereocenters. The number of anilines is 3. The number of nitrogen functional groups attached to an aromatic ring is 1. The average molecular weight is 380 g/mol. The number of nitrogens with two attached hydrogens (primary N) is 1. The summed E-state index contributed by atoms with van der Waals surface area (Å²) in [6.07, 6.45) is 0. The minimum Gasteiger partial charge on any atom is -0.397 e. The minimum absolute atomic E-state index is 0.243. The van der Waals surface area contributed by atoms with E-state index in [0.29, 0.717) is 28.4 Å². The highest BCUT2D eigenvalue weighted by molar-refractivity contribution is 6.40. The van der Waals surface area contributed by atoms with Crippen molar-refractivity contribution in [2.75, 3.05) is 16.4 Å². The van der Waals surface area contributed by atoms with Gasteiger partial charge in [-0.1, -0.05) is 23.2 Å². The van der Waals surface area contributed by atoms with E-state index in [1.807, 2.05) is 0 Å². The van der Waals surface area contributed by atoms with Crippen molar-refractivity contribution in [1.29, 1.82) is 0 Å². The van der Waals surface area contributed by atoms with Gasteiger partial charge < -0.3 is 16.4 Å². The van der Waals surface area contributed by atoms with Crippen molar-refractivity contribution in [2.45, 2.75) is 13.8 Å². The molecule has 25 heavy (non-hydrogen) atoms. The van der Waals surface area contributed by atoms with Gasteiger partial charge in [-0.25, -0.2) is 0 Å². The van der Waals surface area contributed by atoms with E-state index in [0.717, 1.165) is 0 Å². The molecule has 0 fully saturated rings. The Morgan fingerprint density at radius 1 is 0.920 bits per heavy atom. The van der Waals surface area contributed by atoms with Gasteiger partial charge in [0.25, 0.3) is 0 Å². The number of carbonyl (C=O) groups excluding carboxylic acids is 2. The second-order valence-corrected chi connectivity index (χ2v) is 5.93. The number of hydrogen-bond acceptors (Lipinski definition) is 5. The van der Waals surface area contributed by atoms with Crippen LogP contribution in [0.2, 0.25) is 10.0 Å². The number of rotatable bonds is 4. The predicted molar refractivity (Wildman–Crippen MR) is 100 cm³/mol. The third-order valence-electron chi connectivity index (χ3n) is 2.96. The second-order valence-electron chi connectivity index (χ2n) is 5.12. The molecule has 0 radical (unpaired) electrons. The smallest absolute Gasteiger partial charge is 0.221 e. The minimum atomic E-state index is -0.287. The lowest BCUT2D eigenvalue weighted by molar-refractivity contribution is -0.115. The first-order valence-corrected chi connectivity index (χ1v) is 7.87. The first kappa shape index (κ1) is 18.7. The third-order valence-corrected chi connectivity index (χ3v) is 3.55. The number of benzene rings is 2. The molecule has 130 valence electrons. The summed E-state index contributed by atoms with van der Waals surface area (Å²) in [4.78, 5) is 22.3. The average Bonchev–Trinajstić information content (AvgIpc) is 2.51. The highest BCUT2D eigenvalue weighted by Gasteiger charge is 2.10. The molecule has 0 aliphatic carbocycles. The Balaban J connectivity index is 2.27. The van der Waals surface area contributed by atoms with Crippen molar-refractivity contribution < 1.29 is 9.59 Å². The first-order chi connectivity index (χ1) is 11.8. The SMILES string of the molecule is CC(=O)Nc1cc(N=Nc2cc(Cl)c(NC(C)=O)c(Cl)c2)ccc1N. The van der Waals surface area contributed by atoms with Crippen molar-refractivity contribution in [3.05, 3.63) is 40.4 Å². The highest BCUT2D eigenvalue weighted by Crippen LogP contribution is 2.35. The van der Waals surface area contributed by atoms with Crippen LogP contribution in [0.3, 0.4) is 0 Å². The van der Waals surface area contributed by atoms with Crippen molar-refractivity contribution in [2.24, 2.45) is 10.2 Å². The lowest BCUT2D eigenvalue weighted by Gasteiger charge is -2.08. The zero-order valence-corrected chi connectivity index (χ0v) is 14.9. The lowest BCUT2D eigenvalue weighted by Crippen LogP contribution is -2.07. The molecule has 0 bridgehead atoms. The quantitative estimate of drug-likeness (QED) is 0.518. The number of nitrogens with one attached hydrogen (secondary N) is 2. The van der Waals surface area contributed by atoms with Crippen LogP contribution in [-0.4, -0.2) is 11.8 Å². The van der Waals surface area contributed by atoms with Crippen molar-refractivity contribution in [1.82, 2.24) is 0 Å². The number of amides is 2. The summed E-state index contributed by atoms with van der Waals surface area (Å²) >= 11 is 12.2. The van der Waals surface area contributed by atoms with E-state index in [-0.39, 0.29) is 21.9 Å². The van der Waals surface area contributed by atoms with Gasteiger partial charge >= 0.3 is 0 Å². The number of halogens is 2. The molecule has 0 saturated heterocycles. The Hall–Kier alpha value is -2.64. The Morgan fingerprint density at radius 3 is 2.04 bits per heavy atom. The molecule has 7 nitrogen and oxygen atoms in total. The van der Waals surface area contributed by atoms with Crippen LogP contribution in [0.15, 0.2) is 40.6 Å². The predicted octanol–water partition coefficient (Wildman–Crippen LogP) is 4.91. The Bertz CT molecular complexity index is 845. The Labute approximate surface area is 154 Å². The van der Waals surface area contributed by atoms with E-state index in [1.165, 1.54) is 26.0 Å². The van der Waals surface area contributed by atoms with Crippen LogP contribution in [0.25, 0.3) is 0 Å². The molecule has 0 heterocycles. The van der Waals surface area contributed by atoms with E-state index < -0.39 is 0 Å². The van der Waals surface area contributed by atoms with Crippen LogP contribution in [0.5, 0.6) is 0 Å². The van der Waals surface area contributed by atoms with Crippen molar-refractivity contribution in [3.63, 3.8) is 0 Å². The van der Waals surface area contributed by atoms with Crippen LogP contribution in [0, 0.1) is 0 Å². The first-order valence-electron chi connectivity index (χ1n) is 7.11. The summed E-state index contributed by atoms with van der Waals surface area (Å²) in [5, 5.41) is 13.8. The number of azo groups is 1. The van der Waals surface area contributed by atoms with E-state index >= 15 is 0 Å². The zero-order valence-electron chi connectivity index (χ0n) is 13.4. The summed E-state index contributed by atoms with van der Waals surface area (Å²) in [5.74, 6) is -0.529. The van der Waals surface area contributed by atoms with Gasteiger partial charge in [0.1, 0.15) is 0 Å². The highest BCUT2D eigenvalue weighted by atomic mass is 35.5. The van der Waals surface area contributed by atoms with Gasteiger partial charge in [0.15, 0.2) is 0 Å². The monoisotopic (exact) mass is 379 g/mol. The molecule has 0 saturated carbocycles. The molecule has 0 aliphatic heterocycles. The third kappa shape index (κ3) is 5.17. The molecular formula is C16H15Cl2N5O2. The maximum Gasteiger partial charge on any atom is 0.221 e. The van der Waals surface area contributed by atoms with Crippen LogP contribution < -0.4 is 16.4 Å². The van der Waals surface area contributed by atoms with Crippen molar-refractivity contribution >= 4 is 63.5 Å². The molecule has 0 aliphatic rings. The molecule has 0 aromatic heterocycles. The molecule has 9 heteroatoms. The van der Waals surface area contributed by atoms with E-state index in [9.17, 15) is 9.59 Å². The second kappa shape index (κ2) is 7.96. The van der Waals surface area contributed by atoms with Crippen LogP contribution >= 0.6 is 23.2 Å². The standard InChI is InChI=1S/C16H15Cl2N5O2/c1-8(24)20-15-7-10(3-4-14(15)19)22-23-11-5-12(17)16(13(18)6-11)21-9(2)25/h3-7H,19H2,1-2H3,(H,20,24)(H,21,25). The summed E-state index contributed by atoms with van der Waals surface area (Å²) in [5.41, 5.74) is 7.85. The van der Waals surface area contributed by atoms with Gasteiger partial charge in [0.2, 0.25) is 11.8 Å². The van der Waals surface area contributed by atoms with E-state index in [1.54, 1.807) is 18.2 Å². The van der Waals surface area contributed by atoms with Gasteiger partial charge in [-0.05, 0) is 30.3 Å². The van der Waals surface area contributed by atoms with Crippen LogP contribution in [0.1, 0.15) is 13.8 Å². The summed E-state index contributed by atoms with van der Waals surface area (Å²) in [6, 6.07) is 7.90. The molecule has 2 rings (SSSR count). The summed E-state index contributed by atoms with van der Waals surface area (Å²) in [7, 11) is 0. The van der Waals surface area contributed by atoms with Gasteiger partial charge in [0, 0.05) is 13.8 Å². The van der Waals surface area contributed by atoms with Crippen molar-refractivity contribution in [3.8, 4) is 0 Å². The molecular weight excluding hydrogens is 365 g/mol. The van der Waals surface area contributed by atoms with Crippen LogP contribution in [-0.2, 0) is 9.59 Å². The van der Waals surface area contributed by atoms with Gasteiger partial charge in [-0.15, -0.1) is 0 Å². The normalized spacial score (nSPS) is 10.7. The molecule has 0 unspecified atom stereocenters. The van der Waals surface area contributed by atoms with E-state index in [2.05, 4.69) is 20.9 Å². The largest absolute Gasteiger partial charge is 0.397 e. The van der Waals surface area contributed by atoms with E-state index in [4.69, 9.17) is 28.9 Å². The number of carbonyl (C=O) groups is 2. The molecule has 2 aromatic carbocycles. The summed E-state index contributed by atoms with van der Waals surface area (Å²) < 4.78 is 0. The fourth-order valence-electron chi connectivity index (χ4n) is 1.93. The fraction of sp³-hybridized carbons (Fsp3) is 0.125. The fourth-order valence-corrected chi connectivity index (χ4v) is 2.50. The summed E-state index contributed by atoms with van der Waals surface area (Å²) in [6.45, 7) is 2.74. The van der Waals surface area contributed by atoms with Gasteiger partial charge in [-0.3, -0.25) is 9.59 Å². The number of nitrogens with zero attached hydrogens (tertiary/aromatic N) is 2. The molecule has 0 spiro atoms. The number of hydrogen-bond donors (Lipinski definition) is 3. The Kier molecular flexibility index (Phi) is 5.95. The molecule has 2 aromatic rings. The molecule has 4 N–H and O–H groups in total. The topological polar surface area (TPSA) is 109 Å². The maximum atomic E-state index is 11.2. The lowest BCUT2D eigenvalue weighted by atomic mass is 10.2. The van der Waals surface area contributed by atoms with Gasteiger partial charge in [-0.2, -0.15) is 10.2 Å². The molecule has 2 amide bonds. The van der Waals surface area contributed by atoms with Crippen LogP contribution in [0.4, 0.5) is 28.4 Å². The Morgan fingerprint density at radius 2 is 1.48 bits per heavy atom. The maximum absolute atomic E-state index is 11.2. The van der Waals surface area contributed by atoms with Gasteiger partial charge in [0.05, 0.1) is 38.5 Å².